The average molecular weight is 423 g/mol. The lowest BCUT2D eigenvalue weighted by molar-refractivity contribution is 0.437. The third kappa shape index (κ3) is 4.62. The zero-order valence-electron chi connectivity index (χ0n) is 18.4. The number of aryl methyl sites for hydroxylation is 2. The summed E-state index contributed by atoms with van der Waals surface area (Å²) in [6.45, 7) is -1.18. The van der Waals surface area contributed by atoms with Crippen LogP contribution >= 0.6 is 0 Å². The predicted octanol–water partition coefficient (Wildman–Crippen LogP) is 3.90. The van der Waals surface area contributed by atoms with Crippen LogP contribution in [0.4, 0.5) is 14.5 Å². The Hall–Kier alpha value is -3.20. The number of pyridine rings is 1. The highest BCUT2D eigenvalue weighted by atomic mass is 32.2. The lowest BCUT2D eigenvalue weighted by Crippen LogP contribution is -2.24. The van der Waals surface area contributed by atoms with Crippen LogP contribution in [-0.2, 0) is 10.0 Å². The largest absolute Gasteiger partial charge is 0.454 e. The van der Waals surface area contributed by atoms with Crippen molar-refractivity contribution in [1.82, 2.24) is 4.57 Å². The number of anilines is 1. The van der Waals surface area contributed by atoms with Crippen LogP contribution in [0.25, 0.3) is 5.69 Å². The normalized spacial score (nSPS) is 13.3. The summed E-state index contributed by atoms with van der Waals surface area (Å²) in [5.74, 6) is -2.08. The molecule has 2 aromatic carbocycles. The number of rotatable bonds is 5. The number of hydrogen-bond donors (Lipinski definition) is 1. The highest BCUT2D eigenvalue weighted by Crippen LogP contribution is 2.31. The van der Waals surface area contributed by atoms with Gasteiger partial charge in [-0.25, -0.2) is 17.2 Å². The van der Waals surface area contributed by atoms with Crippen molar-refractivity contribution in [2.45, 2.75) is 13.8 Å². The Labute approximate surface area is 170 Å². The van der Waals surface area contributed by atoms with E-state index in [9.17, 15) is 22.0 Å². The fourth-order valence-corrected chi connectivity index (χ4v) is 3.23. The molecule has 1 N–H and O–H groups in total. The lowest BCUT2D eigenvalue weighted by atomic mass is 10.2. The first-order valence-electron chi connectivity index (χ1n) is 9.74. The van der Waals surface area contributed by atoms with E-state index in [0.29, 0.717) is 11.8 Å². The summed E-state index contributed by atoms with van der Waals surface area (Å²) < 4.78 is 82.3. The molecule has 0 amide bonds. The monoisotopic (exact) mass is 423 g/mol. The zero-order chi connectivity index (χ0) is 23.8. The number of nitrogens with one attached hydrogen (secondary N) is 1. The first kappa shape index (κ1) is 16.7. The van der Waals surface area contributed by atoms with Crippen molar-refractivity contribution in [1.29, 1.82) is 0 Å². The van der Waals surface area contributed by atoms with Gasteiger partial charge in [0.05, 0.1) is 17.6 Å². The van der Waals surface area contributed by atoms with Gasteiger partial charge >= 0.3 is 0 Å². The Balaban J connectivity index is 2.23. The third-order valence-corrected chi connectivity index (χ3v) is 4.50. The third-order valence-electron chi connectivity index (χ3n) is 3.90. The van der Waals surface area contributed by atoms with Gasteiger partial charge in [-0.3, -0.25) is 14.1 Å². The highest BCUT2D eigenvalue weighted by Gasteiger charge is 2.16. The van der Waals surface area contributed by atoms with Gasteiger partial charge in [-0.2, -0.15) is 0 Å². The van der Waals surface area contributed by atoms with Gasteiger partial charge in [-0.15, -0.1) is 0 Å². The van der Waals surface area contributed by atoms with Gasteiger partial charge in [-0.1, -0.05) is 6.07 Å². The van der Waals surface area contributed by atoms with Gasteiger partial charge in [0.25, 0.3) is 5.56 Å². The first-order chi connectivity index (χ1) is 14.8. The van der Waals surface area contributed by atoms with Gasteiger partial charge in [-0.05, 0) is 44.1 Å². The van der Waals surface area contributed by atoms with Crippen molar-refractivity contribution in [3.05, 3.63) is 81.8 Å². The second kappa shape index (κ2) is 7.67. The van der Waals surface area contributed by atoms with E-state index in [2.05, 4.69) is 4.72 Å². The molecule has 152 valence electrons. The Morgan fingerprint density at radius 3 is 2.52 bits per heavy atom. The summed E-state index contributed by atoms with van der Waals surface area (Å²) in [5.41, 5.74) is -1.11. The summed E-state index contributed by atoms with van der Waals surface area (Å²) in [6, 6.07) is 9.11. The summed E-state index contributed by atoms with van der Waals surface area (Å²) in [7, 11) is -3.77. The predicted molar refractivity (Wildman–Crippen MR) is 106 cm³/mol. The SMILES string of the molecule is [2H]C([2H])([2H])c1ccc(C)n(-c2cc(Oc3ccc(F)cc3F)ccc2NS(C)(=O)=O)c1=O. The van der Waals surface area contributed by atoms with Gasteiger partial charge in [0.1, 0.15) is 11.6 Å². The minimum absolute atomic E-state index is 0.00449. The summed E-state index contributed by atoms with van der Waals surface area (Å²) >= 11 is 0. The molecule has 0 spiro atoms. The molecule has 3 rings (SSSR count). The van der Waals surface area contributed by atoms with Crippen molar-refractivity contribution in [3.8, 4) is 17.2 Å². The Morgan fingerprint density at radius 1 is 1.10 bits per heavy atom. The van der Waals surface area contributed by atoms with Crippen LogP contribution < -0.4 is 15.0 Å². The van der Waals surface area contributed by atoms with Crippen molar-refractivity contribution in [2.24, 2.45) is 0 Å². The number of halogens is 2. The van der Waals surface area contributed by atoms with Gasteiger partial charge in [0, 0.05) is 27.5 Å². The number of benzene rings is 2. The Bertz CT molecular complexity index is 1360. The molecule has 0 aliphatic heterocycles. The highest BCUT2D eigenvalue weighted by molar-refractivity contribution is 7.92. The van der Waals surface area contributed by atoms with Crippen molar-refractivity contribution in [3.63, 3.8) is 0 Å². The minimum Gasteiger partial charge on any atom is -0.454 e. The Morgan fingerprint density at radius 2 is 1.86 bits per heavy atom. The van der Waals surface area contributed by atoms with E-state index >= 15 is 0 Å². The second-order valence-corrected chi connectivity index (χ2v) is 8.01. The first-order valence-corrected chi connectivity index (χ1v) is 10.1. The van der Waals surface area contributed by atoms with E-state index in [4.69, 9.17) is 8.85 Å². The number of nitrogens with zero attached hydrogens (tertiary/aromatic N) is 1. The second-order valence-electron chi connectivity index (χ2n) is 6.26. The number of sulfonamides is 1. The van der Waals surface area contributed by atoms with Crippen molar-refractivity contribution in [2.75, 3.05) is 11.0 Å². The summed E-state index contributed by atoms with van der Waals surface area (Å²) in [5, 5.41) is 0. The van der Waals surface area contributed by atoms with Crippen LogP contribution in [0.5, 0.6) is 11.5 Å². The summed E-state index contributed by atoms with van der Waals surface area (Å²) in [4.78, 5) is 13.0. The summed E-state index contributed by atoms with van der Waals surface area (Å²) in [6.07, 6.45) is 0.906. The van der Waals surface area contributed by atoms with E-state index < -0.39 is 39.6 Å². The average Bonchev–Trinajstić information content (AvgIpc) is 2.63. The number of ether oxygens (including phenoxy) is 1. The molecule has 0 unspecified atom stereocenters. The molecule has 29 heavy (non-hydrogen) atoms. The van der Waals surface area contributed by atoms with E-state index in [0.717, 1.165) is 23.0 Å². The molecule has 0 aliphatic rings. The molecule has 1 aromatic heterocycles. The molecule has 0 bridgehead atoms. The van der Waals surface area contributed by atoms with Crippen LogP contribution in [0.1, 0.15) is 15.4 Å². The van der Waals surface area contributed by atoms with Gasteiger partial charge < -0.3 is 4.74 Å². The topological polar surface area (TPSA) is 77.4 Å². The molecule has 9 heteroatoms. The van der Waals surface area contributed by atoms with Crippen LogP contribution in [0.15, 0.2) is 53.3 Å². The Kier molecular flexibility index (Phi) is 4.42. The smallest absolute Gasteiger partial charge is 0.258 e. The van der Waals surface area contributed by atoms with Crippen LogP contribution in [0, 0.1) is 25.4 Å². The van der Waals surface area contributed by atoms with Gasteiger partial charge in [0.2, 0.25) is 10.0 Å². The molecule has 0 saturated heterocycles. The van der Waals surface area contributed by atoms with Gasteiger partial charge in [0.15, 0.2) is 11.6 Å². The fraction of sp³-hybridized carbons (Fsp3) is 0.150. The molecule has 0 atom stereocenters. The molecule has 0 fully saturated rings. The van der Waals surface area contributed by atoms with E-state index in [1.54, 1.807) is 0 Å². The fourth-order valence-electron chi connectivity index (χ4n) is 2.66. The maximum atomic E-state index is 14.0. The maximum absolute atomic E-state index is 14.0. The van der Waals surface area contributed by atoms with E-state index in [-0.39, 0.29) is 22.9 Å². The zero-order valence-corrected chi connectivity index (χ0v) is 16.2. The molecule has 0 aliphatic carbocycles. The standard InChI is InChI=1S/C20H18F2N2O4S/c1-12-4-5-13(2)24(20(12)25)18-11-15(7-8-17(18)23-29(3,26)27)28-19-9-6-14(21)10-16(19)22/h4-11,23H,1-3H3/i1D3. The quantitative estimate of drug-likeness (QED) is 0.675. The van der Waals surface area contributed by atoms with Crippen LogP contribution in [0.2, 0.25) is 0 Å². The number of hydrogen-bond acceptors (Lipinski definition) is 4. The van der Waals surface area contributed by atoms with Crippen LogP contribution in [0.3, 0.4) is 0 Å². The molecular weight excluding hydrogens is 402 g/mol. The van der Waals surface area contributed by atoms with Crippen LogP contribution in [-0.4, -0.2) is 19.2 Å². The van der Waals surface area contributed by atoms with Crippen molar-refractivity contribution >= 4 is 15.7 Å². The molecule has 0 saturated carbocycles. The molecule has 3 aromatic rings. The molecular formula is C20H18F2N2O4S. The molecule has 0 radical (unpaired) electrons. The lowest BCUT2D eigenvalue weighted by Gasteiger charge is -2.17. The van der Waals surface area contributed by atoms with E-state index in [1.165, 1.54) is 37.3 Å². The van der Waals surface area contributed by atoms with E-state index in [1.807, 2.05) is 0 Å². The molecule has 1 heterocycles. The minimum atomic E-state index is -3.77. The molecule has 6 nitrogen and oxygen atoms in total. The number of aromatic nitrogens is 1. The maximum Gasteiger partial charge on any atom is 0.258 e. The van der Waals surface area contributed by atoms with Crippen molar-refractivity contribution < 1.29 is 26.0 Å².